The molecule has 0 amide bonds. The van der Waals surface area contributed by atoms with Crippen molar-refractivity contribution >= 4 is 44.6 Å². The highest BCUT2D eigenvalue weighted by Gasteiger charge is 2.27. The number of para-hydroxylation sites is 1. The van der Waals surface area contributed by atoms with Gasteiger partial charge in [0.2, 0.25) is 5.95 Å². The van der Waals surface area contributed by atoms with Crippen LogP contribution >= 0.6 is 11.6 Å². The normalized spacial score (nSPS) is 17.3. The van der Waals surface area contributed by atoms with Crippen molar-refractivity contribution in [2.45, 2.75) is 88.5 Å². The van der Waals surface area contributed by atoms with Crippen LogP contribution in [-0.2, 0) is 14.6 Å². The molecule has 240 valence electrons. The molecule has 2 N–H and O–H groups in total. The van der Waals surface area contributed by atoms with Crippen molar-refractivity contribution in [2.24, 2.45) is 0 Å². The first-order chi connectivity index (χ1) is 20.9. The molecule has 2 aromatic carbocycles. The lowest BCUT2D eigenvalue weighted by Crippen LogP contribution is -2.36. The third-order valence-corrected chi connectivity index (χ3v) is 10.7. The van der Waals surface area contributed by atoms with E-state index < -0.39 is 15.1 Å². The minimum atomic E-state index is -3.53. The third-order valence-electron chi connectivity index (χ3n) is 8.20. The van der Waals surface area contributed by atoms with E-state index in [1.54, 1.807) is 45.2 Å². The van der Waals surface area contributed by atoms with E-state index in [4.69, 9.17) is 21.1 Å². The van der Waals surface area contributed by atoms with Gasteiger partial charge in [-0.15, -0.1) is 0 Å². The van der Waals surface area contributed by atoms with Gasteiger partial charge in [-0.25, -0.2) is 13.4 Å². The van der Waals surface area contributed by atoms with E-state index in [1.165, 1.54) is 17.3 Å². The maximum absolute atomic E-state index is 13.0. The molecule has 1 heterocycles. The zero-order chi connectivity index (χ0) is 32.0. The highest BCUT2D eigenvalue weighted by Crippen LogP contribution is 2.41. The van der Waals surface area contributed by atoms with Gasteiger partial charge in [-0.3, -0.25) is 0 Å². The van der Waals surface area contributed by atoms with E-state index in [0.717, 1.165) is 50.3 Å². The van der Waals surface area contributed by atoms with Crippen LogP contribution in [-0.4, -0.2) is 68.0 Å². The Kier molecular flexibility index (Phi) is 11.5. The van der Waals surface area contributed by atoms with Gasteiger partial charge in [0.15, 0.2) is 15.7 Å². The van der Waals surface area contributed by atoms with Gasteiger partial charge in [0.05, 0.1) is 40.4 Å². The summed E-state index contributed by atoms with van der Waals surface area (Å²) in [5, 5.41) is 6.13. The number of nitrogens with zero attached hydrogens (tertiary/aromatic N) is 3. The second-order valence-corrected chi connectivity index (χ2v) is 15.0. The van der Waals surface area contributed by atoms with Crippen LogP contribution in [0.1, 0.15) is 70.4 Å². The lowest BCUT2D eigenvalue weighted by Gasteiger charge is -2.35. The van der Waals surface area contributed by atoms with Crippen LogP contribution in [0.4, 0.5) is 23.1 Å². The number of hydrogen-bond acceptors (Lipinski definition) is 9. The summed E-state index contributed by atoms with van der Waals surface area (Å²) in [6.07, 6.45) is 6.02. The number of nitrogens with one attached hydrogen (secondary N) is 2. The molecule has 0 unspecified atom stereocenters. The first kappa shape index (κ1) is 34.0. The zero-order valence-electron chi connectivity index (χ0n) is 26.9. The summed E-state index contributed by atoms with van der Waals surface area (Å²) in [5.41, 5.74) is 3.65. The van der Waals surface area contributed by atoms with Crippen molar-refractivity contribution in [2.75, 3.05) is 37.9 Å². The van der Waals surface area contributed by atoms with Gasteiger partial charge in [0.1, 0.15) is 10.8 Å². The standard InChI is InChI=1S/C33H46ClN5O4S/c1-21(2)43-30-19-26(24-12-14-25(15-13-24)39(6)16-17-42-7)23(5)18-29(30)37-33-35-20-27(34)32(38-33)36-28-10-8-9-11-31(28)44(40,41)22(3)4/h8-11,18-22,24-25H,12-17H2,1-7H3,(H2,35,36,37,38)/t24-,25+. The number of halogens is 1. The molecule has 0 spiro atoms. The molecule has 4 rings (SSSR count). The van der Waals surface area contributed by atoms with Gasteiger partial charge >= 0.3 is 0 Å². The molecule has 0 aliphatic heterocycles. The van der Waals surface area contributed by atoms with Gasteiger partial charge < -0.3 is 25.0 Å². The average Bonchev–Trinajstić information content (AvgIpc) is 2.99. The number of hydrogen-bond donors (Lipinski definition) is 2. The fourth-order valence-corrected chi connectivity index (χ4v) is 7.01. The number of aryl methyl sites for hydroxylation is 1. The maximum atomic E-state index is 13.0. The zero-order valence-corrected chi connectivity index (χ0v) is 28.4. The van der Waals surface area contributed by atoms with E-state index in [0.29, 0.717) is 29.4 Å². The minimum absolute atomic E-state index is 0.0287. The van der Waals surface area contributed by atoms with Crippen LogP contribution in [0.3, 0.4) is 0 Å². The molecule has 3 aromatic rings. The van der Waals surface area contributed by atoms with Crippen LogP contribution in [0.2, 0.25) is 5.02 Å². The molecule has 1 saturated carbocycles. The Bertz CT molecular complexity index is 1520. The van der Waals surface area contributed by atoms with Crippen molar-refractivity contribution < 1.29 is 17.9 Å². The number of anilines is 4. The van der Waals surface area contributed by atoms with E-state index in [2.05, 4.69) is 51.6 Å². The molecule has 0 saturated heterocycles. The highest BCUT2D eigenvalue weighted by molar-refractivity contribution is 7.92. The van der Waals surface area contributed by atoms with E-state index in [-0.39, 0.29) is 16.0 Å². The van der Waals surface area contributed by atoms with Gasteiger partial charge in [-0.05, 0) is 109 Å². The fourth-order valence-electron chi connectivity index (χ4n) is 5.67. The first-order valence-corrected chi connectivity index (χ1v) is 17.2. The molecule has 9 nitrogen and oxygen atoms in total. The largest absolute Gasteiger partial charge is 0.489 e. The van der Waals surface area contributed by atoms with Gasteiger partial charge in [0.25, 0.3) is 0 Å². The number of likely N-dealkylation sites (N-methyl/N-ethyl adjacent to an activating group) is 1. The predicted octanol–water partition coefficient (Wildman–Crippen LogP) is 7.50. The fraction of sp³-hybridized carbons (Fsp3) is 0.515. The van der Waals surface area contributed by atoms with Gasteiger partial charge in [0, 0.05) is 19.7 Å². The predicted molar refractivity (Wildman–Crippen MR) is 179 cm³/mol. The van der Waals surface area contributed by atoms with E-state index >= 15 is 0 Å². The van der Waals surface area contributed by atoms with Crippen molar-refractivity contribution in [3.8, 4) is 5.75 Å². The quantitative estimate of drug-likeness (QED) is 0.196. The summed E-state index contributed by atoms with van der Waals surface area (Å²) >= 11 is 6.47. The Hall–Kier alpha value is -2.92. The second kappa shape index (κ2) is 14.9. The molecule has 1 aliphatic carbocycles. The molecule has 0 radical (unpaired) electrons. The molecular weight excluding hydrogens is 598 g/mol. The SMILES string of the molecule is COCCN(C)[C@H]1CC[C@@H](c2cc(OC(C)C)c(Nc3ncc(Cl)c(Nc4ccccc4S(=O)(=O)C(C)C)n3)cc2C)CC1. The van der Waals surface area contributed by atoms with Crippen LogP contribution in [0, 0.1) is 6.92 Å². The number of ether oxygens (including phenoxy) is 2. The Morgan fingerprint density at radius 1 is 1.05 bits per heavy atom. The third kappa shape index (κ3) is 8.21. The lowest BCUT2D eigenvalue weighted by atomic mass is 9.79. The van der Waals surface area contributed by atoms with Crippen LogP contribution < -0.4 is 15.4 Å². The molecule has 44 heavy (non-hydrogen) atoms. The Morgan fingerprint density at radius 3 is 2.41 bits per heavy atom. The molecule has 0 bridgehead atoms. The van der Waals surface area contributed by atoms with Crippen LogP contribution in [0.15, 0.2) is 47.5 Å². The number of aromatic nitrogens is 2. The lowest BCUT2D eigenvalue weighted by molar-refractivity contribution is 0.119. The molecular formula is C33H46ClN5O4S. The molecule has 1 fully saturated rings. The smallest absolute Gasteiger partial charge is 0.229 e. The number of sulfone groups is 1. The van der Waals surface area contributed by atoms with Gasteiger partial charge in [-0.2, -0.15) is 4.98 Å². The Morgan fingerprint density at radius 2 is 1.75 bits per heavy atom. The van der Waals surface area contributed by atoms with E-state index in [1.807, 2.05) is 13.8 Å². The van der Waals surface area contributed by atoms with Crippen molar-refractivity contribution in [1.29, 1.82) is 0 Å². The van der Waals surface area contributed by atoms with Crippen LogP contribution in [0.5, 0.6) is 5.75 Å². The molecule has 1 aromatic heterocycles. The van der Waals surface area contributed by atoms with Gasteiger partial charge in [-0.1, -0.05) is 23.7 Å². The second-order valence-electron chi connectivity index (χ2n) is 12.1. The summed E-state index contributed by atoms with van der Waals surface area (Å²) in [7, 11) is 0.407. The van der Waals surface area contributed by atoms with Crippen molar-refractivity contribution in [1.82, 2.24) is 14.9 Å². The summed E-state index contributed by atoms with van der Waals surface area (Å²) < 4.78 is 37.5. The number of benzene rings is 2. The summed E-state index contributed by atoms with van der Waals surface area (Å²) in [6, 6.07) is 11.6. The Balaban J connectivity index is 1.58. The minimum Gasteiger partial charge on any atom is -0.489 e. The highest BCUT2D eigenvalue weighted by atomic mass is 35.5. The maximum Gasteiger partial charge on any atom is 0.229 e. The monoisotopic (exact) mass is 643 g/mol. The topological polar surface area (TPSA) is 106 Å². The summed E-state index contributed by atoms with van der Waals surface area (Å²) in [6.45, 7) is 11.2. The van der Waals surface area contributed by atoms with Crippen LogP contribution in [0.25, 0.3) is 0 Å². The number of rotatable bonds is 13. The van der Waals surface area contributed by atoms with Crippen molar-refractivity contribution in [3.63, 3.8) is 0 Å². The summed E-state index contributed by atoms with van der Waals surface area (Å²) in [5.74, 6) is 1.81. The Labute approximate surface area is 267 Å². The molecule has 0 atom stereocenters. The molecule has 11 heteroatoms. The summed E-state index contributed by atoms with van der Waals surface area (Å²) in [4.78, 5) is 11.6. The van der Waals surface area contributed by atoms with Crippen molar-refractivity contribution in [3.05, 3.63) is 58.7 Å². The average molecular weight is 644 g/mol. The molecule has 1 aliphatic rings. The van der Waals surface area contributed by atoms with E-state index in [9.17, 15) is 8.42 Å². The first-order valence-electron chi connectivity index (χ1n) is 15.3. The number of methoxy groups -OCH3 is 1.